The monoisotopic (exact) mass is 272 g/mol. The van der Waals surface area contributed by atoms with Crippen LogP contribution in [-0.2, 0) is 5.75 Å². The van der Waals surface area contributed by atoms with Gasteiger partial charge in [0.25, 0.3) is 0 Å². The van der Waals surface area contributed by atoms with Gasteiger partial charge in [-0.15, -0.1) is 23.1 Å². The van der Waals surface area contributed by atoms with Crippen LogP contribution in [0, 0.1) is 6.92 Å². The van der Waals surface area contributed by atoms with Crippen molar-refractivity contribution in [3.63, 3.8) is 0 Å². The number of rotatable bonds is 3. The molecule has 0 fully saturated rings. The lowest BCUT2D eigenvalue weighted by molar-refractivity contribution is 1.10. The van der Waals surface area contributed by atoms with Gasteiger partial charge in [-0.25, -0.2) is 9.97 Å². The van der Waals surface area contributed by atoms with Crippen LogP contribution < -0.4 is 0 Å². The minimum absolute atomic E-state index is 0.947. The molecule has 0 bridgehead atoms. The predicted octanol–water partition coefficient (Wildman–Crippen LogP) is 4.29. The first-order valence-corrected chi connectivity index (χ1v) is 7.56. The Morgan fingerprint density at radius 3 is 2.83 bits per heavy atom. The van der Waals surface area contributed by atoms with Gasteiger partial charge in [0.15, 0.2) is 0 Å². The van der Waals surface area contributed by atoms with Gasteiger partial charge in [0, 0.05) is 11.1 Å². The van der Waals surface area contributed by atoms with Crippen LogP contribution in [0.1, 0.15) is 11.1 Å². The number of aryl methyl sites for hydroxylation is 1. The fourth-order valence-corrected chi connectivity index (χ4v) is 3.79. The van der Waals surface area contributed by atoms with Crippen molar-refractivity contribution < 1.29 is 0 Å². The molecular weight excluding hydrogens is 260 g/mol. The first-order valence-electron chi connectivity index (χ1n) is 5.70. The van der Waals surface area contributed by atoms with Gasteiger partial charge >= 0.3 is 0 Å². The number of thiophene rings is 1. The van der Waals surface area contributed by atoms with E-state index < -0.39 is 0 Å². The molecule has 3 aromatic rings. The van der Waals surface area contributed by atoms with Crippen molar-refractivity contribution in [1.82, 2.24) is 9.97 Å². The number of aromatic nitrogens is 2. The minimum Gasteiger partial charge on any atom is -0.229 e. The highest BCUT2D eigenvalue weighted by molar-refractivity contribution is 7.98. The molecule has 18 heavy (non-hydrogen) atoms. The molecule has 2 heterocycles. The summed E-state index contributed by atoms with van der Waals surface area (Å²) in [4.78, 5) is 9.81. The van der Waals surface area contributed by atoms with Gasteiger partial charge in [-0.2, -0.15) is 0 Å². The number of hydrogen-bond donors (Lipinski definition) is 0. The highest BCUT2D eigenvalue weighted by Crippen LogP contribution is 2.32. The molecule has 0 atom stereocenters. The van der Waals surface area contributed by atoms with E-state index in [0.29, 0.717) is 0 Å². The SMILES string of the molecule is Cc1csc2ncnc(SCc3ccccc3)c12. The predicted molar refractivity (Wildman–Crippen MR) is 78.2 cm³/mol. The van der Waals surface area contributed by atoms with Gasteiger partial charge in [0.2, 0.25) is 0 Å². The number of nitrogens with zero attached hydrogens (tertiary/aromatic N) is 2. The second kappa shape index (κ2) is 5.08. The topological polar surface area (TPSA) is 25.8 Å². The molecule has 0 saturated heterocycles. The normalized spacial score (nSPS) is 10.9. The lowest BCUT2D eigenvalue weighted by Gasteiger charge is -2.03. The molecule has 2 nitrogen and oxygen atoms in total. The first-order chi connectivity index (χ1) is 8.84. The third kappa shape index (κ3) is 2.26. The van der Waals surface area contributed by atoms with E-state index in [2.05, 4.69) is 46.5 Å². The van der Waals surface area contributed by atoms with Gasteiger partial charge in [-0.3, -0.25) is 0 Å². The summed E-state index contributed by atoms with van der Waals surface area (Å²) in [7, 11) is 0. The smallest absolute Gasteiger partial charge is 0.128 e. The molecule has 0 unspecified atom stereocenters. The third-order valence-electron chi connectivity index (χ3n) is 2.74. The Labute approximate surface area is 114 Å². The second-order valence-corrected chi connectivity index (χ2v) is 5.87. The van der Waals surface area contributed by atoms with E-state index in [1.165, 1.54) is 16.5 Å². The van der Waals surface area contributed by atoms with E-state index in [0.717, 1.165) is 15.6 Å². The average molecular weight is 272 g/mol. The van der Waals surface area contributed by atoms with Crippen LogP contribution in [0.15, 0.2) is 47.1 Å². The van der Waals surface area contributed by atoms with Gasteiger partial charge < -0.3 is 0 Å². The Morgan fingerprint density at radius 2 is 2.00 bits per heavy atom. The summed E-state index contributed by atoms with van der Waals surface area (Å²) >= 11 is 3.46. The maximum absolute atomic E-state index is 4.41. The van der Waals surface area contributed by atoms with Crippen LogP contribution >= 0.6 is 23.1 Å². The van der Waals surface area contributed by atoms with Crippen LogP contribution in [0.4, 0.5) is 0 Å². The number of hydrogen-bond acceptors (Lipinski definition) is 4. The lowest BCUT2D eigenvalue weighted by atomic mass is 10.2. The standard InChI is InChI=1S/C14H12N2S2/c1-10-7-17-13-12(10)14(16-9-15-13)18-8-11-5-3-2-4-6-11/h2-7,9H,8H2,1H3. The molecule has 0 saturated carbocycles. The molecule has 0 aliphatic heterocycles. The van der Waals surface area contributed by atoms with Crippen LogP contribution in [0.25, 0.3) is 10.2 Å². The number of thioether (sulfide) groups is 1. The van der Waals surface area contributed by atoms with Crippen molar-refractivity contribution in [1.29, 1.82) is 0 Å². The van der Waals surface area contributed by atoms with Gasteiger partial charge in [0.1, 0.15) is 16.2 Å². The molecule has 0 aliphatic carbocycles. The third-order valence-corrected chi connectivity index (χ3v) is 4.80. The summed E-state index contributed by atoms with van der Waals surface area (Å²) in [5, 5.41) is 4.44. The quantitative estimate of drug-likeness (QED) is 0.525. The van der Waals surface area contributed by atoms with Crippen LogP contribution in [0.5, 0.6) is 0 Å². The van der Waals surface area contributed by atoms with Crippen LogP contribution in [-0.4, -0.2) is 9.97 Å². The largest absolute Gasteiger partial charge is 0.229 e. The van der Waals surface area contributed by atoms with Crippen molar-refractivity contribution in [3.05, 3.63) is 53.2 Å². The highest BCUT2D eigenvalue weighted by Gasteiger charge is 2.08. The Morgan fingerprint density at radius 1 is 1.17 bits per heavy atom. The van der Waals surface area contributed by atoms with Gasteiger partial charge in [-0.1, -0.05) is 30.3 Å². The molecule has 0 radical (unpaired) electrons. The lowest BCUT2D eigenvalue weighted by Crippen LogP contribution is -1.86. The van der Waals surface area contributed by atoms with Crippen molar-refractivity contribution in [2.75, 3.05) is 0 Å². The molecule has 90 valence electrons. The van der Waals surface area contributed by atoms with Crippen LogP contribution in [0.3, 0.4) is 0 Å². The Hall–Kier alpha value is -1.39. The minimum atomic E-state index is 0.947. The Balaban J connectivity index is 1.89. The number of benzene rings is 1. The van der Waals surface area contributed by atoms with Crippen molar-refractivity contribution >= 4 is 33.3 Å². The van der Waals surface area contributed by atoms with E-state index in [1.807, 2.05) is 6.07 Å². The molecule has 0 spiro atoms. The van der Waals surface area contributed by atoms with Crippen molar-refractivity contribution in [2.45, 2.75) is 17.7 Å². The summed E-state index contributed by atoms with van der Waals surface area (Å²) in [5.74, 6) is 0.947. The highest BCUT2D eigenvalue weighted by atomic mass is 32.2. The zero-order valence-corrected chi connectivity index (χ0v) is 11.6. The summed E-state index contributed by atoms with van der Waals surface area (Å²) in [6, 6.07) is 10.5. The van der Waals surface area contributed by atoms with Crippen molar-refractivity contribution in [2.24, 2.45) is 0 Å². The Kier molecular flexibility index (Phi) is 3.30. The summed E-state index contributed by atoms with van der Waals surface area (Å²) in [6.45, 7) is 2.12. The second-order valence-electron chi connectivity index (χ2n) is 4.05. The van der Waals surface area contributed by atoms with E-state index in [-0.39, 0.29) is 0 Å². The maximum Gasteiger partial charge on any atom is 0.128 e. The van der Waals surface area contributed by atoms with E-state index in [4.69, 9.17) is 0 Å². The molecule has 0 N–H and O–H groups in total. The summed E-state index contributed by atoms with van der Waals surface area (Å²) in [5.41, 5.74) is 2.59. The van der Waals surface area contributed by atoms with Crippen molar-refractivity contribution in [3.8, 4) is 0 Å². The Bertz CT molecular complexity index is 662. The fraction of sp³-hybridized carbons (Fsp3) is 0.143. The van der Waals surface area contributed by atoms with Gasteiger partial charge in [0.05, 0.1) is 0 Å². The molecule has 0 amide bonds. The maximum atomic E-state index is 4.41. The molecule has 1 aromatic carbocycles. The van der Waals surface area contributed by atoms with E-state index >= 15 is 0 Å². The average Bonchev–Trinajstić information content (AvgIpc) is 2.80. The molecule has 0 aliphatic rings. The van der Waals surface area contributed by atoms with E-state index in [1.54, 1.807) is 29.4 Å². The molecule has 3 rings (SSSR count). The molecule has 4 heteroatoms. The number of fused-ring (bicyclic) bond motifs is 1. The van der Waals surface area contributed by atoms with Gasteiger partial charge in [-0.05, 0) is 23.4 Å². The zero-order valence-electron chi connectivity index (χ0n) is 9.96. The zero-order chi connectivity index (χ0) is 12.4. The summed E-state index contributed by atoms with van der Waals surface area (Å²) in [6.07, 6.45) is 1.66. The molecular formula is C14H12N2S2. The van der Waals surface area contributed by atoms with E-state index in [9.17, 15) is 0 Å². The molecule has 2 aromatic heterocycles. The first kappa shape index (κ1) is 11.7. The summed E-state index contributed by atoms with van der Waals surface area (Å²) < 4.78 is 0. The van der Waals surface area contributed by atoms with Crippen LogP contribution in [0.2, 0.25) is 0 Å². The fourth-order valence-electron chi connectivity index (χ4n) is 1.82.